The lowest BCUT2D eigenvalue weighted by atomic mass is 9.71. The van der Waals surface area contributed by atoms with Crippen LogP contribution in [0, 0.1) is 11.2 Å². The zero-order valence-corrected chi connectivity index (χ0v) is 13.7. The maximum atomic E-state index is 13.6. The van der Waals surface area contributed by atoms with E-state index in [-0.39, 0.29) is 23.7 Å². The summed E-state index contributed by atoms with van der Waals surface area (Å²) >= 11 is 3.31. The van der Waals surface area contributed by atoms with Crippen molar-refractivity contribution in [3.05, 3.63) is 34.1 Å². The van der Waals surface area contributed by atoms with Crippen LogP contribution in [0.15, 0.2) is 22.7 Å². The number of rotatable bonds is 5. The zero-order chi connectivity index (χ0) is 15.3. The highest BCUT2D eigenvalue weighted by Crippen LogP contribution is 2.38. The Morgan fingerprint density at radius 2 is 2.05 bits per heavy atom. The third-order valence-corrected chi connectivity index (χ3v) is 4.86. The van der Waals surface area contributed by atoms with Gasteiger partial charge in [0.15, 0.2) is 0 Å². The topological polar surface area (TPSA) is 55.1 Å². The van der Waals surface area contributed by atoms with E-state index in [1.165, 1.54) is 12.5 Å². The first-order valence-corrected chi connectivity index (χ1v) is 8.25. The lowest BCUT2D eigenvalue weighted by molar-refractivity contribution is -0.124. The Kier molecular flexibility index (Phi) is 5.76. The van der Waals surface area contributed by atoms with Crippen molar-refractivity contribution in [2.45, 2.75) is 45.1 Å². The predicted molar refractivity (Wildman–Crippen MR) is 85.1 cm³/mol. The van der Waals surface area contributed by atoms with E-state index in [0.29, 0.717) is 18.5 Å². The zero-order valence-electron chi connectivity index (χ0n) is 12.1. The van der Waals surface area contributed by atoms with Crippen molar-refractivity contribution in [2.75, 3.05) is 6.54 Å². The maximum absolute atomic E-state index is 13.6. The van der Waals surface area contributed by atoms with Crippen LogP contribution in [0.4, 0.5) is 4.39 Å². The van der Waals surface area contributed by atoms with Gasteiger partial charge in [-0.2, -0.15) is 0 Å². The normalized spacial score (nSPS) is 17.5. The summed E-state index contributed by atoms with van der Waals surface area (Å²) in [4.78, 5) is 12.1. The van der Waals surface area contributed by atoms with Gasteiger partial charge in [0.05, 0.1) is 0 Å². The Morgan fingerprint density at radius 3 is 2.71 bits per heavy atom. The molecule has 0 heterocycles. The van der Waals surface area contributed by atoms with Crippen LogP contribution in [0.25, 0.3) is 0 Å². The van der Waals surface area contributed by atoms with E-state index >= 15 is 0 Å². The van der Waals surface area contributed by atoms with E-state index in [2.05, 4.69) is 21.2 Å². The number of halogens is 2. The van der Waals surface area contributed by atoms with E-state index in [0.717, 1.165) is 30.2 Å². The molecule has 2 rings (SSSR count). The van der Waals surface area contributed by atoms with Crippen molar-refractivity contribution in [1.29, 1.82) is 0 Å². The van der Waals surface area contributed by atoms with E-state index in [1.807, 2.05) is 0 Å². The fraction of sp³-hybridized carbons (Fsp3) is 0.562. The van der Waals surface area contributed by atoms with Gasteiger partial charge >= 0.3 is 0 Å². The highest BCUT2D eigenvalue weighted by Gasteiger charge is 2.32. The third-order valence-electron chi connectivity index (χ3n) is 4.37. The highest BCUT2D eigenvalue weighted by molar-refractivity contribution is 9.10. The summed E-state index contributed by atoms with van der Waals surface area (Å²) in [6.07, 6.45) is 5.99. The molecule has 1 aromatic carbocycles. The minimum Gasteiger partial charge on any atom is -0.352 e. The summed E-state index contributed by atoms with van der Waals surface area (Å²) in [6, 6.07) is 4.73. The van der Waals surface area contributed by atoms with Gasteiger partial charge in [0.2, 0.25) is 5.91 Å². The van der Waals surface area contributed by atoms with Gasteiger partial charge in [0, 0.05) is 23.0 Å². The van der Waals surface area contributed by atoms with Gasteiger partial charge < -0.3 is 11.1 Å². The van der Waals surface area contributed by atoms with Crippen LogP contribution in [0.2, 0.25) is 0 Å². The van der Waals surface area contributed by atoms with Gasteiger partial charge in [0.1, 0.15) is 5.82 Å². The number of nitrogens with two attached hydrogens (primary N) is 1. The second-order valence-electron chi connectivity index (χ2n) is 5.95. The largest absolute Gasteiger partial charge is 0.352 e. The van der Waals surface area contributed by atoms with Crippen molar-refractivity contribution in [3.63, 3.8) is 0 Å². The van der Waals surface area contributed by atoms with Gasteiger partial charge in [-0.05, 0) is 43.0 Å². The van der Waals surface area contributed by atoms with Crippen LogP contribution in [0.1, 0.15) is 44.1 Å². The van der Waals surface area contributed by atoms with Gasteiger partial charge in [-0.3, -0.25) is 4.79 Å². The van der Waals surface area contributed by atoms with Crippen molar-refractivity contribution in [3.8, 4) is 0 Å². The first-order chi connectivity index (χ1) is 10.0. The molecule has 116 valence electrons. The number of benzene rings is 1. The maximum Gasteiger partial charge on any atom is 0.220 e. The Hall–Kier alpha value is -0.940. The summed E-state index contributed by atoms with van der Waals surface area (Å²) in [5, 5.41) is 2.82. The predicted octanol–water partition coefficient (Wildman–Crippen LogP) is 3.50. The number of amides is 1. The first-order valence-electron chi connectivity index (χ1n) is 7.45. The quantitative estimate of drug-likeness (QED) is 0.848. The molecule has 1 aromatic rings. The van der Waals surface area contributed by atoms with E-state index in [4.69, 9.17) is 5.73 Å². The van der Waals surface area contributed by atoms with Crippen LogP contribution < -0.4 is 11.1 Å². The first kappa shape index (κ1) is 16.4. The van der Waals surface area contributed by atoms with Crippen molar-refractivity contribution < 1.29 is 9.18 Å². The summed E-state index contributed by atoms with van der Waals surface area (Å²) in [6.45, 7) is 0.760. The average molecular weight is 357 g/mol. The van der Waals surface area contributed by atoms with Crippen LogP contribution >= 0.6 is 15.9 Å². The summed E-state index contributed by atoms with van der Waals surface area (Å²) in [5.41, 5.74) is 6.32. The van der Waals surface area contributed by atoms with Crippen LogP contribution in [-0.2, 0) is 11.3 Å². The number of carbonyl (C=O) groups excluding carboxylic acids is 1. The molecule has 0 saturated heterocycles. The van der Waals surface area contributed by atoms with Gasteiger partial charge in [0.25, 0.3) is 0 Å². The lowest BCUT2D eigenvalue weighted by Gasteiger charge is -2.35. The Bertz CT molecular complexity index is 501. The average Bonchev–Trinajstić information content (AvgIpc) is 2.49. The monoisotopic (exact) mass is 356 g/mol. The van der Waals surface area contributed by atoms with Crippen molar-refractivity contribution in [1.82, 2.24) is 5.32 Å². The number of hydrogen-bond donors (Lipinski definition) is 2. The molecule has 0 bridgehead atoms. The van der Waals surface area contributed by atoms with Gasteiger partial charge in [-0.1, -0.05) is 35.2 Å². The Balaban J connectivity index is 1.91. The molecule has 0 aliphatic heterocycles. The standard InChI is InChI=1S/C16H22BrFN2O/c17-13-4-5-14(18)12(8-13)10-20-15(21)9-16(11-19)6-2-1-3-7-16/h4-5,8H,1-3,6-7,9-11,19H2,(H,20,21). The molecule has 1 saturated carbocycles. The van der Waals surface area contributed by atoms with E-state index in [1.54, 1.807) is 12.1 Å². The smallest absolute Gasteiger partial charge is 0.220 e. The van der Waals surface area contributed by atoms with Crippen molar-refractivity contribution in [2.24, 2.45) is 11.1 Å². The molecule has 1 aliphatic carbocycles. The molecule has 0 radical (unpaired) electrons. The van der Waals surface area contributed by atoms with Gasteiger partial charge in [-0.15, -0.1) is 0 Å². The number of carbonyl (C=O) groups is 1. The molecule has 3 nitrogen and oxygen atoms in total. The summed E-state index contributed by atoms with van der Waals surface area (Å²) < 4.78 is 14.4. The second kappa shape index (κ2) is 7.36. The van der Waals surface area contributed by atoms with E-state index in [9.17, 15) is 9.18 Å². The summed E-state index contributed by atoms with van der Waals surface area (Å²) in [5.74, 6) is -0.341. The number of hydrogen-bond acceptors (Lipinski definition) is 2. The van der Waals surface area contributed by atoms with Crippen molar-refractivity contribution >= 4 is 21.8 Å². The molecule has 0 spiro atoms. The van der Waals surface area contributed by atoms with Crippen LogP contribution in [0.5, 0.6) is 0 Å². The molecule has 0 atom stereocenters. The lowest BCUT2D eigenvalue weighted by Crippen LogP contribution is -2.38. The summed E-state index contributed by atoms with van der Waals surface area (Å²) in [7, 11) is 0. The minimum absolute atomic E-state index is 0.0401. The molecule has 1 fully saturated rings. The molecular formula is C16H22BrFN2O. The third kappa shape index (κ3) is 4.51. The molecule has 21 heavy (non-hydrogen) atoms. The van der Waals surface area contributed by atoms with Crippen LogP contribution in [-0.4, -0.2) is 12.5 Å². The highest BCUT2D eigenvalue weighted by atomic mass is 79.9. The molecule has 3 N–H and O–H groups in total. The van der Waals surface area contributed by atoms with Crippen LogP contribution in [0.3, 0.4) is 0 Å². The fourth-order valence-corrected chi connectivity index (χ4v) is 3.44. The Morgan fingerprint density at radius 1 is 1.33 bits per heavy atom. The molecule has 1 aliphatic rings. The minimum atomic E-state index is -0.301. The van der Waals surface area contributed by atoms with Gasteiger partial charge in [-0.25, -0.2) is 4.39 Å². The number of nitrogens with one attached hydrogen (secondary N) is 1. The molecule has 0 aromatic heterocycles. The molecule has 0 unspecified atom stereocenters. The molecule has 1 amide bonds. The molecule has 5 heteroatoms. The SMILES string of the molecule is NCC1(CC(=O)NCc2cc(Br)ccc2F)CCCCC1. The van der Waals surface area contributed by atoms with E-state index < -0.39 is 0 Å². The molecular weight excluding hydrogens is 335 g/mol. The second-order valence-corrected chi connectivity index (χ2v) is 6.87. The fourth-order valence-electron chi connectivity index (χ4n) is 3.03. The Labute approximate surface area is 133 Å².